The predicted octanol–water partition coefficient (Wildman–Crippen LogP) is 3.80. The van der Waals surface area contributed by atoms with E-state index < -0.39 is 10.0 Å². The van der Waals surface area contributed by atoms with Gasteiger partial charge < -0.3 is 5.32 Å². The van der Waals surface area contributed by atoms with E-state index in [9.17, 15) is 13.2 Å². The minimum absolute atomic E-state index is 0.0487. The summed E-state index contributed by atoms with van der Waals surface area (Å²) in [5.41, 5.74) is 1.36. The van der Waals surface area contributed by atoms with Gasteiger partial charge in [0.25, 0.3) is 10.0 Å². The molecule has 0 saturated heterocycles. The number of hydrogen-bond acceptors (Lipinski definition) is 3. The number of para-hydroxylation sites is 1. The van der Waals surface area contributed by atoms with E-state index in [0.717, 1.165) is 12.8 Å². The van der Waals surface area contributed by atoms with Gasteiger partial charge in [-0.1, -0.05) is 29.8 Å². The number of halogens is 1. The molecule has 7 heteroatoms. The van der Waals surface area contributed by atoms with Crippen LogP contribution in [-0.4, -0.2) is 14.3 Å². The molecule has 0 bridgehead atoms. The molecule has 0 aromatic heterocycles. The zero-order valence-electron chi connectivity index (χ0n) is 13.0. The lowest BCUT2D eigenvalue weighted by Gasteiger charge is -2.13. The molecule has 24 heavy (non-hydrogen) atoms. The molecule has 0 heterocycles. The molecule has 1 fully saturated rings. The highest BCUT2D eigenvalue weighted by Crippen LogP contribution is 2.31. The molecule has 0 aliphatic heterocycles. The normalized spacial score (nSPS) is 14.2. The summed E-state index contributed by atoms with van der Waals surface area (Å²) in [6.45, 7) is 1.70. The van der Waals surface area contributed by atoms with E-state index in [2.05, 4.69) is 10.0 Å². The second-order valence-corrected chi connectivity index (χ2v) is 7.89. The third kappa shape index (κ3) is 3.71. The van der Waals surface area contributed by atoms with Crippen LogP contribution in [0.25, 0.3) is 0 Å². The Bertz CT molecular complexity index is 892. The topological polar surface area (TPSA) is 75.3 Å². The van der Waals surface area contributed by atoms with Crippen LogP contribution >= 0.6 is 11.6 Å². The Morgan fingerprint density at radius 2 is 1.88 bits per heavy atom. The standard InChI is InChI=1S/C17H17ClN2O3S/c1-11-6-9-13(19-17(21)12-7-8-12)10-16(11)24(22,23)20-15-5-3-2-4-14(15)18/h2-6,9-10,12,20H,7-8H2,1H3,(H,19,21). The first-order valence-electron chi connectivity index (χ1n) is 7.56. The van der Waals surface area contributed by atoms with E-state index in [1.165, 1.54) is 6.07 Å². The maximum Gasteiger partial charge on any atom is 0.262 e. The van der Waals surface area contributed by atoms with Crippen molar-refractivity contribution in [1.29, 1.82) is 0 Å². The van der Waals surface area contributed by atoms with Crippen LogP contribution in [0.3, 0.4) is 0 Å². The Labute approximate surface area is 146 Å². The van der Waals surface area contributed by atoms with Gasteiger partial charge in [0.15, 0.2) is 0 Å². The van der Waals surface area contributed by atoms with Gasteiger partial charge in [-0.2, -0.15) is 0 Å². The van der Waals surface area contributed by atoms with E-state index in [0.29, 0.717) is 22.0 Å². The fourth-order valence-electron chi connectivity index (χ4n) is 2.30. The van der Waals surface area contributed by atoms with Crippen molar-refractivity contribution in [1.82, 2.24) is 0 Å². The second kappa shape index (κ2) is 6.45. The maximum absolute atomic E-state index is 12.7. The first-order chi connectivity index (χ1) is 11.4. The van der Waals surface area contributed by atoms with Crippen LogP contribution in [0, 0.1) is 12.8 Å². The van der Waals surface area contributed by atoms with Gasteiger partial charge in [-0.15, -0.1) is 0 Å². The van der Waals surface area contributed by atoms with Gasteiger partial charge in [0.2, 0.25) is 5.91 Å². The number of rotatable bonds is 5. The predicted molar refractivity (Wildman–Crippen MR) is 94.8 cm³/mol. The summed E-state index contributed by atoms with van der Waals surface area (Å²) >= 11 is 6.02. The summed E-state index contributed by atoms with van der Waals surface area (Å²) in [6.07, 6.45) is 1.77. The quantitative estimate of drug-likeness (QED) is 0.847. The van der Waals surface area contributed by atoms with Crippen LogP contribution in [0.2, 0.25) is 5.02 Å². The molecule has 1 aliphatic carbocycles. The minimum Gasteiger partial charge on any atom is -0.326 e. The minimum atomic E-state index is -3.82. The van der Waals surface area contributed by atoms with E-state index >= 15 is 0 Å². The molecule has 0 spiro atoms. The molecule has 0 radical (unpaired) electrons. The van der Waals surface area contributed by atoms with Crippen LogP contribution in [0.15, 0.2) is 47.4 Å². The average molecular weight is 365 g/mol. The van der Waals surface area contributed by atoms with Crippen LogP contribution in [0.1, 0.15) is 18.4 Å². The zero-order chi connectivity index (χ0) is 17.3. The van der Waals surface area contributed by atoms with Crippen molar-refractivity contribution < 1.29 is 13.2 Å². The summed E-state index contributed by atoms with van der Waals surface area (Å²) in [4.78, 5) is 12.0. The van der Waals surface area contributed by atoms with Crippen molar-refractivity contribution in [3.8, 4) is 0 Å². The summed E-state index contributed by atoms with van der Waals surface area (Å²) in [5, 5.41) is 3.08. The van der Waals surface area contributed by atoms with Crippen LogP contribution in [0.4, 0.5) is 11.4 Å². The fourth-order valence-corrected chi connectivity index (χ4v) is 3.89. The lowest BCUT2D eigenvalue weighted by molar-refractivity contribution is -0.117. The first-order valence-corrected chi connectivity index (χ1v) is 9.42. The lowest BCUT2D eigenvalue weighted by atomic mass is 10.2. The number of carbonyl (C=O) groups is 1. The summed E-state index contributed by atoms with van der Waals surface area (Å²) in [7, 11) is -3.82. The highest BCUT2D eigenvalue weighted by Gasteiger charge is 2.30. The molecular formula is C17H17ClN2O3S. The van der Waals surface area contributed by atoms with E-state index in [1.54, 1.807) is 43.3 Å². The molecule has 5 nitrogen and oxygen atoms in total. The van der Waals surface area contributed by atoms with Crippen LogP contribution < -0.4 is 10.0 Å². The third-order valence-corrected chi connectivity index (χ3v) is 5.65. The number of aryl methyl sites for hydroxylation is 1. The van der Waals surface area contributed by atoms with Crippen molar-refractivity contribution in [2.45, 2.75) is 24.7 Å². The van der Waals surface area contributed by atoms with Gasteiger partial charge in [0.05, 0.1) is 15.6 Å². The SMILES string of the molecule is Cc1ccc(NC(=O)C2CC2)cc1S(=O)(=O)Nc1ccccc1Cl. The highest BCUT2D eigenvalue weighted by atomic mass is 35.5. The van der Waals surface area contributed by atoms with Crippen LogP contribution in [0.5, 0.6) is 0 Å². The van der Waals surface area contributed by atoms with Crippen molar-refractivity contribution in [3.63, 3.8) is 0 Å². The van der Waals surface area contributed by atoms with E-state index in [4.69, 9.17) is 11.6 Å². The third-order valence-electron chi connectivity index (χ3n) is 3.81. The molecule has 1 aliphatic rings. The number of hydrogen-bond donors (Lipinski definition) is 2. The Morgan fingerprint density at radius 3 is 2.54 bits per heavy atom. The molecule has 0 unspecified atom stereocenters. The van der Waals surface area contributed by atoms with E-state index in [-0.39, 0.29) is 16.7 Å². The van der Waals surface area contributed by atoms with Gasteiger partial charge in [0.1, 0.15) is 0 Å². The molecule has 2 N–H and O–H groups in total. The second-order valence-electron chi connectivity index (χ2n) is 5.83. The average Bonchev–Trinajstić information content (AvgIpc) is 3.36. The zero-order valence-corrected chi connectivity index (χ0v) is 14.6. The molecule has 2 aromatic rings. The van der Waals surface area contributed by atoms with Crippen LogP contribution in [-0.2, 0) is 14.8 Å². The monoisotopic (exact) mass is 364 g/mol. The van der Waals surface area contributed by atoms with Gasteiger partial charge in [-0.05, 0) is 49.6 Å². The van der Waals surface area contributed by atoms with Crippen molar-refractivity contribution in [2.24, 2.45) is 5.92 Å². The van der Waals surface area contributed by atoms with Gasteiger partial charge >= 0.3 is 0 Å². The number of nitrogens with one attached hydrogen (secondary N) is 2. The van der Waals surface area contributed by atoms with Crippen molar-refractivity contribution in [3.05, 3.63) is 53.1 Å². The molecule has 3 rings (SSSR count). The number of benzene rings is 2. The van der Waals surface area contributed by atoms with Gasteiger partial charge in [-0.25, -0.2) is 8.42 Å². The summed E-state index contributed by atoms with van der Waals surface area (Å²) in [5.74, 6) is -0.0196. The fraction of sp³-hybridized carbons (Fsp3) is 0.235. The molecule has 2 aromatic carbocycles. The Morgan fingerprint density at radius 1 is 1.17 bits per heavy atom. The summed E-state index contributed by atoms with van der Waals surface area (Å²) < 4.78 is 27.8. The van der Waals surface area contributed by atoms with Gasteiger partial charge in [-0.3, -0.25) is 9.52 Å². The molecule has 126 valence electrons. The molecule has 1 amide bonds. The maximum atomic E-state index is 12.7. The number of amides is 1. The van der Waals surface area contributed by atoms with Crippen molar-refractivity contribution >= 4 is 38.9 Å². The number of carbonyl (C=O) groups excluding carboxylic acids is 1. The highest BCUT2D eigenvalue weighted by molar-refractivity contribution is 7.92. The molecule has 0 atom stereocenters. The van der Waals surface area contributed by atoms with Gasteiger partial charge in [0, 0.05) is 11.6 Å². The Kier molecular flexibility index (Phi) is 4.51. The molecular weight excluding hydrogens is 348 g/mol. The Hall–Kier alpha value is -2.05. The van der Waals surface area contributed by atoms with Crippen molar-refractivity contribution in [2.75, 3.05) is 10.0 Å². The largest absolute Gasteiger partial charge is 0.326 e. The number of anilines is 2. The smallest absolute Gasteiger partial charge is 0.262 e. The first kappa shape index (κ1) is 16.8. The Balaban J connectivity index is 1.89. The van der Waals surface area contributed by atoms with E-state index in [1.807, 2.05) is 0 Å². The lowest BCUT2D eigenvalue weighted by Crippen LogP contribution is -2.17. The molecule has 1 saturated carbocycles. The number of sulfonamides is 1. The summed E-state index contributed by atoms with van der Waals surface area (Å²) in [6, 6.07) is 11.5.